The fourth-order valence-electron chi connectivity index (χ4n) is 2.69. The van der Waals surface area contributed by atoms with E-state index in [1.807, 2.05) is 54.6 Å². The molecule has 106 valence electrons. The van der Waals surface area contributed by atoms with Crippen LogP contribution in [0, 0.1) is 0 Å². The van der Waals surface area contributed by atoms with Crippen molar-refractivity contribution in [3.63, 3.8) is 0 Å². The van der Waals surface area contributed by atoms with E-state index in [0.717, 1.165) is 16.9 Å². The van der Waals surface area contributed by atoms with Crippen molar-refractivity contribution in [1.29, 1.82) is 0 Å². The first kappa shape index (κ1) is 13.4. The van der Waals surface area contributed by atoms with Gasteiger partial charge in [-0.3, -0.25) is 4.79 Å². The van der Waals surface area contributed by atoms with Crippen molar-refractivity contribution in [3.8, 4) is 0 Å². The number of anilines is 2. The SMILES string of the molecule is COC(=O)C1C(=O)Cc2ccccc2N1c1ccccc1. The van der Waals surface area contributed by atoms with Gasteiger partial charge in [-0.15, -0.1) is 0 Å². The number of fused-ring (bicyclic) bond motifs is 1. The molecule has 1 unspecified atom stereocenters. The van der Waals surface area contributed by atoms with E-state index < -0.39 is 12.0 Å². The number of carbonyl (C=O) groups is 2. The van der Waals surface area contributed by atoms with Crippen LogP contribution in [0.25, 0.3) is 0 Å². The molecule has 1 aliphatic heterocycles. The van der Waals surface area contributed by atoms with E-state index in [-0.39, 0.29) is 12.2 Å². The molecule has 2 aromatic carbocycles. The smallest absolute Gasteiger partial charge is 0.336 e. The number of ketones is 1. The highest BCUT2D eigenvalue weighted by Crippen LogP contribution is 2.35. The Morgan fingerprint density at radius 2 is 1.76 bits per heavy atom. The minimum Gasteiger partial charge on any atom is -0.467 e. The molecular weight excluding hydrogens is 266 g/mol. The third-order valence-corrected chi connectivity index (χ3v) is 3.64. The van der Waals surface area contributed by atoms with Gasteiger partial charge in [0.05, 0.1) is 7.11 Å². The molecule has 21 heavy (non-hydrogen) atoms. The number of carbonyl (C=O) groups excluding carboxylic acids is 2. The Labute approximate surface area is 123 Å². The van der Waals surface area contributed by atoms with Crippen molar-refractivity contribution in [3.05, 3.63) is 60.2 Å². The lowest BCUT2D eigenvalue weighted by atomic mass is 9.93. The maximum absolute atomic E-state index is 12.4. The van der Waals surface area contributed by atoms with Crippen LogP contribution in [0.2, 0.25) is 0 Å². The number of hydrogen-bond acceptors (Lipinski definition) is 4. The van der Waals surface area contributed by atoms with E-state index >= 15 is 0 Å². The summed E-state index contributed by atoms with van der Waals surface area (Å²) < 4.78 is 4.83. The predicted molar refractivity (Wildman–Crippen MR) is 79.5 cm³/mol. The number of benzene rings is 2. The van der Waals surface area contributed by atoms with Crippen molar-refractivity contribution >= 4 is 23.1 Å². The van der Waals surface area contributed by atoms with E-state index in [4.69, 9.17) is 4.74 Å². The predicted octanol–water partition coefficient (Wildman–Crippen LogP) is 2.49. The molecule has 0 fully saturated rings. The highest BCUT2D eigenvalue weighted by atomic mass is 16.5. The second-order valence-electron chi connectivity index (χ2n) is 4.90. The van der Waals surface area contributed by atoms with E-state index in [9.17, 15) is 9.59 Å². The van der Waals surface area contributed by atoms with Gasteiger partial charge in [0.1, 0.15) is 0 Å². The van der Waals surface area contributed by atoms with Crippen LogP contribution >= 0.6 is 0 Å². The zero-order chi connectivity index (χ0) is 14.8. The first-order valence-electron chi connectivity index (χ1n) is 6.75. The Bertz CT molecular complexity index is 681. The summed E-state index contributed by atoms with van der Waals surface area (Å²) in [6.45, 7) is 0. The highest BCUT2D eigenvalue weighted by Gasteiger charge is 2.39. The number of hydrogen-bond donors (Lipinski definition) is 0. The maximum Gasteiger partial charge on any atom is 0.336 e. The molecule has 1 atom stereocenters. The number of rotatable bonds is 2. The van der Waals surface area contributed by atoms with Crippen LogP contribution in [0.3, 0.4) is 0 Å². The lowest BCUT2D eigenvalue weighted by Gasteiger charge is -2.36. The van der Waals surface area contributed by atoms with Crippen molar-refractivity contribution in [2.45, 2.75) is 12.5 Å². The average Bonchev–Trinajstić information content (AvgIpc) is 2.53. The quantitative estimate of drug-likeness (QED) is 0.627. The molecule has 4 heteroatoms. The fourth-order valence-corrected chi connectivity index (χ4v) is 2.69. The molecule has 0 saturated carbocycles. The van der Waals surface area contributed by atoms with Gasteiger partial charge >= 0.3 is 5.97 Å². The molecular formula is C17H15NO3. The molecule has 4 nitrogen and oxygen atoms in total. The molecule has 0 saturated heterocycles. The largest absolute Gasteiger partial charge is 0.467 e. The van der Waals surface area contributed by atoms with Crippen LogP contribution in [0.4, 0.5) is 11.4 Å². The number of esters is 1. The van der Waals surface area contributed by atoms with Gasteiger partial charge in [0.15, 0.2) is 11.8 Å². The van der Waals surface area contributed by atoms with Crippen LogP contribution in [0.15, 0.2) is 54.6 Å². The topological polar surface area (TPSA) is 46.6 Å². The Kier molecular flexibility index (Phi) is 3.44. The Morgan fingerprint density at radius 3 is 2.48 bits per heavy atom. The van der Waals surface area contributed by atoms with Gasteiger partial charge in [0.25, 0.3) is 0 Å². The van der Waals surface area contributed by atoms with E-state index in [0.29, 0.717) is 0 Å². The molecule has 1 aliphatic rings. The summed E-state index contributed by atoms with van der Waals surface area (Å²) in [5.74, 6) is -0.678. The van der Waals surface area contributed by atoms with Crippen LogP contribution in [-0.4, -0.2) is 24.9 Å². The molecule has 1 heterocycles. The minimum atomic E-state index is -0.924. The molecule has 3 rings (SSSR count). The zero-order valence-corrected chi connectivity index (χ0v) is 11.7. The molecule has 0 radical (unpaired) electrons. The van der Waals surface area contributed by atoms with Gasteiger partial charge in [-0.1, -0.05) is 36.4 Å². The lowest BCUT2D eigenvalue weighted by Crippen LogP contribution is -2.48. The van der Waals surface area contributed by atoms with Gasteiger partial charge < -0.3 is 9.64 Å². The monoisotopic (exact) mass is 281 g/mol. The van der Waals surface area contributed by atoms with Crippen molar-refractivity contribution in [2.75, 3.05) is 12.0 Å². The molecule has 0 N–H and O–H groups in total. The van der Waals surface area contributed by atoms with E-state index in [2.05, 4.69) is 0 Å². The highest BCUT2D eigenvalue weighted by molar-refractivity contribution is 6.10. The van der Waals surface area contributed by atoms with Gasteiger partial charge in [-0.2, -0.15) is 0 Å². The standard InChI is InChI=1S/C17H15NO3/c1-21-17(20)16-15(19)11-12-7-5-6-10-14(12)18(16)13-8-3-2-4-9-13/h2-10,16H,11H2,1H3. The summed E-state index contributed by atoms with van der Waals surface area (Å²) in [6, 6.07) is 16.1. The molecule has 0 amide bonds. The van der Waals surface area contributed by atoms with E-state index in [1.165, 1.54) is 7.11 Å². The van der Waals surface area contributed by atoms with Gasteiger partial charge in [0, 0.05) is 17.8 Å². The normalized spacial score (nSPS) is 17.3. The number of para-hydroxylation sites is 2. The Morgan fingerprint density at radius 1 is 1.10 bits per heavy atom. The third kappa shape index (κ3) is 2.29. The van der Waals surface area contributed by atoms with Gasteiger partial charge in [-0.25, -0.2) is 4.79 Å². The Balaban J connectivity index is 2.17. The van der Waals surface area contributed by atoms with Crippen LogP contribution in [0.1, 0.15) is 5.56 Å². The summed E-state index contributed by atoms with van der Waals surface area (Å²) in [5.41, 5.74) is 2.60. The fraction of sp³-hybridized carbons (Fsp3) is 0.176. The summed E-state index contributed by atoms with van der Waals surface area (Å²) in [4.78, 5) is 26.2. The number of methoxy groups -OCH3 is 1. The van der Waals surface area contributed by atoms with Crippen LogP contribution in [0.5, 0.6) is 0 Å². The summed E-state index contributed by atoms with van der Waals surface area (Å²) in [5, 5.41) is 0. The van der Waals surface area contributed by atoms with Gasteiger partial charge in [0.2, 0.25) is 0 Å². The van der Waals surface area contributed by atoms with Gasteiger partial charge in [-0.05, 0) is 23.8 Å². The molecule has 0 bridgehead atoms. The summed E-state index contributed by atoms with van der Waals surface area (Å²) in [7, 11) is 1.30. The third-order valence-electron chi connectivity index (χ3n) is 3.64. The number of ether oxygens (including phenoxy) is 1. The second kappa shape index (κ2) is 5.40. The average molecular weight is 281 g/mol. The molecule has 2 aromatic rings. The Hall–Kier alpha value is -2.62. The zero-order valence-electron chi connectivity index (χ0n) is 11.7. The first-order chi connectivity index (χ1) is 10.2. The second-order valence-corrected chi connectivity index (χ2v) is 4.90. The van der Waals surface area contributed by atoms with Crippen molar-refractivity contribution in [1.82, 2.24) is 0 Å². The first-order valence-corrected chi connectivity index (χ1v) is 6.75. The van der Waals surface area contributed by atoms with E-state index in [1.54, 1.807) is 4.90 Å². The van der Waals surface area contributed by atoms with Crippen molar-refractivity contribution < 1.29 is 14.3 Å². The lowest BCUT2D eigenvalue weighted by molar-refractivity contribution is -0.145. The molecule has 0 aromatic heterocycles. The molecule has 0 aliphatic carbocycles. The van der Waals surface area contributed by atoms with Crippen LogP contribution in [-0.2, 0) is 20.7 Å². The summed E-state index contributed by atoms with van der Waals surface area (Å²) in [6.07, 6.45) is 0.249. The van der Waals surface area contributed by atoms with Crippen molar-refractivity contribution in [2.24, 2.45) is 0 Å². The number of nitrogens with zero attached hydrogens (tertiary/aromatic N) is 1. The minimum absolute atomic E-state index is 0.149. The number of Topliss-reactive ketones (excluding diaryl/α,β-unsaturated/α-hetero) is 1. The maximum atomic E-state index is 12.4. The van der Waals surface area contributed by atoms with Crippen LogP contribution < -0.4 is 4.90 Å². The summed E-state index contributed by atoms with van der Waals surface area (Å²) >= 11 is 0. The molecule has 0 spiro atoms.